The highest BCUT2D eigenvalue weighted by atomic mass is 16.2. The molecule has 0 unspecified atom stereocenters. The Morgan fingerprint density at radius 2 is 2.12 bits per heavy atom. The summed E-state index contributed by atoms with van der Waals surface area (Å²) in [4.78, 5) is 15.3. The lowest BCUT2D eigenvalue weighted by Gasteiger charge is -2.35. The molecule has 3 aliphatic rings. The Balaban J connectivity index is 1.36. The first-order valence-corrected chi connectivity index (χ1v) is 9.98. The van der Waals surface area contributed by atoms with E-state index in [-0.39, 0.29) is 18.0 Å². The number of piperazine rings is 1. The molecular weight excluding hydrogens is 322 g/mol. The van der Waals surface area contributed by atoms with Crippen LogP contribution in [0, 0.1) is 0 Å². The number of benzene rings is 1. The van der Waals surface area contributed by atoms with Gasteiger partial charge in [-0.3, -0.25) is 9.69 Å². The third-order valence-corrected chi connectivity index (χ3v) is 5.81. The molecule has 1 aromatic carbocycles. The number of hydrogen-bond donors (Lipinski definition) is 2. The summed E-state index contributed by atoms with van der Waals surface area (Å²) in [6, 6.07) is 10.6. The van der Waals surface area contributed by atoms with Crippen molar-refractivity contribution in [3.05, 3.63) is 59.2 Å². The number of rotatable bonds is 4. The van der Waals surface area contributed by atoms with E-state index < -0.39 is 0 Å². The van der Waals surface area contributed by atoms with Crippen molar-refractivity contribution in [1.82, 2.24) is 15.5 Å². The van der Waals surface area contributed by atoms with E-state index in [9.17, 15) is 4.79 Å². The van der Waals surface area contributed by atoms with Gasteiger partial charge in [0.2, 0.25) is 5.91 Å². The van der Waals surface area contributed by atoms with Crippen LogP contribution in [-0.4, -0.2) is 42.5 Å². The zero-order valence-electron chi connectivity index (χ0n) is 15.4. The molecule has 2 atom stereocenters. The molecule has 1 aromatic rings. The van der Waals surface area contributed by atoms with Crippen LogP contribution in [0.1, 0.15) is 37.7 Å². The number of nitrogens with one attached hydrogen (secondary N) is 2. The number of carbonyl (C=O) groups is 1. The highest BCUT2D eigenvalue weighted by Crippen LogP contribution is 2.32. The Labute approximate surface area is 156 Å². The van der Waals surface area contributed by atoms with Crippen LogP contribution in [0.5, 0.6) is 0 Å². The second-order valence-electron chi connectivity index (χ2n) is 7.68. The average Bonchev–Trinajstić information content (AvgIpc) is 2.69. The van der Waals surface area contributed by atoms with E-state index in [1.54, 1.807) is 5.57 Å². The molecule has 138 valence electrons. The van der Waals surface area contributed by atoms with Crippen molar-refractivity contribution in [2.75, 3.05) is 19.6 Å². The minimum Gasteiger partial charge on any atom is -0.348 e. The van der Waals surface area contributed by atoms with Crippen molar-refractivity contribution < 1.29 is 4.79 Å². The Bertz CT molecular complexity index is 695. The second-order valence-corrected chi connectivity index (χ2v) is 7.68. The van der Waals surface area contributed by atoms with Gasteiger partial charge < -0.3 is 10.6 Å². The van der Waals surface area contributed by atoms with Crippen molar-refractivity contribution in [1.29, 1.82) is 0 Å². The maximum absolute atomic E-state index is 12.9. The number of hydrogen-bond acceptors (Lipinski definition) is 3. The zero-order valence-corrected chi connectivity index (χ0v) is 15.4. The summed E-state index contributed by atoms with van der Waals surface area (Å²) in [5.41, 5.74) is 4.25. The van der Waals surface area contributed by atoms with E-state index in [1.807, 2.05) is 6.07 Å². The van der Waals surface area contributed by atoms with Crippen molar-refractivity contribution in [3.8, 4) is 0 Å². The molecule has 1 amide bonds. The lowest BCUT2D eigenvalue weighted by molar-refractivity contribution is -0.124. The Hall–Kier alpha value is -1.91. The molecule has 1 heterocycles. The highest BCUT2D eigenvalue weighted by molar-refractivity contribution is 5.83. The second kappa shape index (κ2) is 8.19. The quantitative estimate of drug-likeness (QED) is 0.877. The molecule has 4 nitrogen and oxygen atoms in total. The SMILES string of the molecule is O=C(N[C@@H]1CCCC2=C1C=CCC2)[C@@H]1CN(Cc2ccccc2)CCN1. The van der Waals surface area contributed by atoms with Crippen LogP contribution >= 0.6 is 0 Å². The van der Waals surface area contributed by atoms with Gasteiger partial charge in [-0.2, -0.15) is 0 Å². The normalized spacial score (nSPS) is 26.5. The van der Waals surface area contributed by atoms with Crippen LogP contribution in [0.4, 0.5) is 0 Å². The van der Waals surface area contributed by atoms with E-state index in [2.05, 4.69) is 52.0 Å². The molecule has 2 N–H and O–H groups in total. The summed E-state index contributed by atoms with van der Waals surface area (Å²) >= 11 is 0. The van der Waals surface area contributed by atoms with E-state index in [4.69, 9.17) is 0 Å². The topological polar surface area (TPSA) is 44.4 Å². The maximum Gasteiger partial charge on any atom is 0.238 e. The van der Waals surface area contributed by atoms with Gasteiger partial charge in [0, 0.05) is 26.2 Å². The van der Waals surface area contributed by atoms with E-state index in [0.29, 0.717) is 0 Å². The van der Waals surface area contributed by atoms with Gasteiger partial charge in [-0.15, -0.1) is 0 Å². The van der Waals surface area contributed by atoms with Crippen LogP contribution < -0.4 is 10.6 Å². The van der Waals surface area contributed by atoms with Crippen LogP contribution in [0.15, 0.2) is 53.6 Å². The monoisotopic (exact) mass is 351 g/mol. The standard InChI is InChI=1S/C22H29N3O/c26-22(24-20-12-6-10-18-9-4-5-11-19(18)20)21-16-25(14-13-23-21)15-17-7-2-1-3-8-17/h1-3,5,7-8,11,20-21,23H,4,6,9-10,12-16H2,(H,24,26)/t20-,21+/m1/s1. The first-order chi connectivity index (χ1) is 12.8. The molecule has 4 heteroatoms. The molecule has 1 aliphatic heterocycles. The molecule has 0 bridgehead atoms. The fraction of sp³-hybridized carbons (Fsp3) is 0.500. The Kier molecular flexibility index (Phi) is 5.51. The molecule has 0 aromatic heterocycles. The highest BCUT2D eigenvalue weighted by Gasteiger charge is 2.29. The third kappa shape index (κ3) is 4.08. The van der Waals surface area contributed by atoms with Crippen LogP contribution in [-0.2, 0) is 11.3 Å². The Morgan fingerprint density at radius 3 is 3.00 bits per heavy atom. The van der Waals surface area contributed by atoms with Gasteiger partial charge >= 0.3 is 0 Å². The fourth-order valence-corrected chi connectivity index (χ4v) is 4.43. The fourth-order valence-electron chi connectivity index (χ4n) is 4.43. The number of allylic oxidation sites excluding steroid dienone is 2. The third-order valence-electron chi connectivity index (χ3n) is 5.81. The summed E-state index contributed by atoms with van der Waals surface area (Å²) in [7, 11) is 0. The molecule has 0 radical (unpaired) electrons. The van der Waals surface area contributed by atoms with Gasteiger partial charge in [-0.05, 0) is 43.2 Å². The lowest BCUT2D eigenvalue weighted by Crippen LogP contribution is -2.58. The predicted molar refractivity (Wildman–Crippen MR) is 105 cm³/mol. The molecule has 2 aliphatic carbocycles. The average molecular weight is 351 g/mol. The minimum absolute atomic E-state index is 0.119. The summed E-state index contributed by atoms with van der Waals surface area (Å²) in [5.74, 6) is 0.153. The van der Waals surface area contributed by atoms with Crippen LogP contribution in [0.2, 0.25) is 0 Å². The molecule has 1 saturated heterocycles. The summed E-state index contributed by atoms with van der Waals surface area (Å²) in [5, 5.41) is 6.74. The van der Waals surface area contributed by atoms with Crippen LogP contribution in [0.3, 0.4) is 0 Å². The molecular formula is C22H29N3O. The first-order valence-electron chi connectivity index (χ1n) is 9.98. The molecule has 4 rings (SSSR count). The van der Waals surface area contributed by atoms with Crippen molar-refractivity contribution >= 4 is 5.91 Å². The maximum atomic E-state index is 12.9. The van der Waals surface area contributed by atoms with Crippen molar-refractivity contribution in [2.24, 2.45) is 0 Å². The van der Waals surface area contributed by atoms with Crippen molar-refractivity contribution in [3.63, 3.8) is 0 Å². The number of nitrogens with zero attached hydrogens (tertiary/aromatic N) is 1. The summed E-state index contributed by atoms with van der Waals surface area (Å²) in [6.45, 7) is 3.53. The number of carbonyl (C=O) groups excluding carboxylic acids is 1. The van der Waals surface area contributed by atoms with Gasteiger partial charge in [0.15, 0.2) is 0 Å². The van der Waals surface area contributed by atoms with E-state index >= 15 is 0 Å². The summed E-state index contributed by atoms with van der Waals surface area (Å²) in [6.07, 6.45) is 10.3. The van der Waals surface area contributed by atoms with Gasteiger partial charge in [-0.1, -0.05) is 48.1 Å². The van der Waals surface area contributed by atoms with E-state index in [0.717, 1.165) is 39.0 Å². The van der Waals surface area contributed by atoms with Gasteiger partial charge in [0.1, 0.15) is 0 Å². The van der Waals surface area contributed by atoms with Crippen LogP contribution in [0.25, 0.3) is 0 Å². The van der Waals surface area contributed by atoms with Gasteiger partial charge in [0.25, 0.3) is 0 Å². The molecule has 1 fully saturated rings. The zero-order chi connectivity index (χ0) is 17.8. The smallest absolute Gasteiger partial charge is 0.238 e. The van der Waals surface area contributed by atoms with Crippen molar-refractivity contribution in [2.45, 2.75) is 50.7 Å². The predicted octanol–water partition coefficient (Wildman–Crippen LogP) is 2.78. The minimum atomic E-state index is -0.119. The van der Waals surface area contributed by atoms with E-state index in [1.165, 1.54) is 30.4 Å². The molecule has 0 saturated carbocycles. The Morgan fingerprint density at radius 1 is 1.23 bits per heavy atom. The van der Waals surface area contributed by atoms with Gasteiger partial charge in [-0.25, -0.2) is 0 Å². The number of amides is 1. The molecule has 26 heavy (non-hydrogen) atoms. The largest absolute Gasteiger partial charge is 0.348 e. The summed E-state index contributed by atoms with van der Waals surface area (Å²) < 4.78 is 0. The molecule has 0 spiro atoms. The lowest BCUT2D eigenvalue weighted by atomic mass is 9.82. The van der Waals surface area contributed by atoms with Gasteiger partial charge in [0.05, 0.1) is 12.1 Å². The first kappa shape index (κ1) is 17.5.